The molecular formula is C18H27F3IN7. The largest absolute Gasteiger partial charge is 0.417 e. The summed E-state index contributed by atoms with van der Waals surface area (Å²) in [6.07, 6.45) is -1.36. The number of pyridine rings is 1. The molecule has 29 heavy (non-hydrogen) atoms. The number of hydrogen-bond donors (Lipinski definition) is 2. The second kappa shape index (κ2) is 9.92. The van der Waals surface area contributed by atoms with E-state index in [0.29, 0.717) is 29.5 Å². The Labute approximate surface area is 185 Å². The molecular weight excluding hydrogens is 498 g/mol. The maximum atomic E-state index is 13.0. The molecule has 1 fully saturated rings. The third kappa shape index (κ3) is 5.93. The number of rotatable bonds is 4. The first-order valence-electron chi connectivity index (χ1n) is 9.40. The van der Waals surface area contributed by atoms with E-state index in [2.05, 4.69) is 44.6 Å². The van der Waals surface area contributed by atoms with Crippen LogP contribution in [0.25, 0.3) is 5.65 Å². The van der Waals surface area contributed by atoms with Gasteiger partial charge in [0.05, 0.1) is 12.1 Å². The molecule has 7 nitrogen and oxygen atoms in total. The highest BCUT2D eigenvalue weighted by molar-refractivity contribution is 14.0. The van der Waals surface area contributed by atoms with E-state index >= 15 is 0 Å². The van der Waals surface area contributed by atoms with E-state index in [9.17, 15) is 13.2 Å². The molecule has 1 aliphatic rings. The molecule has 0 aromatic carbocycles. The molecule has 2 aromatic heterocycles. The van der Waals surface area contributed by atoms with Crippen molar-refractivity contribution in [2.45, 2.75) is 51.5 Å². The highest BCUT2D eigenvalue weighted by atomic mass is 127. The van der Waals surface area contributed by atoms with Crippen molar-refractivity contribution in [2.24, 2.45) is 4.99 Å². The average Bonchev–Trinajstić information content (AvgIpc) is 3.07. The number of aliphatic imine (C=N–C) groups is 1. The molecule has 1 aliphatic heterocycles. The number of guanidine groups is 1. The normalized spacial score (nSPS) is 16.9. The number of piperidine rings is 1. The van der Waals surface area contributed by atoms with Crippen LogP contribution in [0.4, 0.5) is 13.2 Å². The van der Waals surface area contributed by atoms with E-state index in [4.69, 9.17) is 0 Å². The molecule has 3 rings (SSSR count). The average molecular weight is 525 g/mol. The van der Waals surface area contributed by atoms with Gasteiger partial charge in [0.15, 0.2) is 17.4 Å². The molecule has 0 aliphatic carbocycles. The van der Waals surface area contributed by atoms with Crippen LogP contribution >= 0.6 is 24.0 Å². The molecule has 162 valence electrons. The molecule has 0 radical (unpaired) electrons. The van der Waals surface area contributed by atoms with Gasteiger partial charge in [0.25, 0.3) is 0 Å². The van der Waals surface area contributed by atoms with Crippen LogP contribution in [0.5, 0.6) is 0 Å². The van der Waals surface area contributed by atoms with Crippen molar-refractivity contribution >= 4 is 35.6 Å². The van der Waals surface area contributed by atoms with Crippen molar-refractivity contribution in [1.82, 2.24) is 30.1 Å². The van der Waals surface area contributed by atoms with E-state index in [1.54, 1.807) is 7.05 Å². The minimum absolute atomic E-state index is 0. The molecule has 0 unspecified atom stereocenters. The minimum atomic E-state index is -4.41. The zero-order valence-electron chi connectivity index (χ0n) is 16.7. The Hall–Kier alpha value is -1.63. The van der Waals surface area contributed by atoms with E-state index in [0.717, 1.165) is 38.2 Å². The molecule has 0 amide bonds. The van der Waals surface area contributed by atoms with Crippen molar-refractivity contribution < 1.29 is 13.2 Å². The molecule has 2 aromatic rings. The van der Waals surface area contributed by atoms with Gasteiger partial charge in [-0.2, -0.15) is 13.2 Å². The molecule has 2 N–H and O–H groups in total. The Bertz CT molecular complexity index is 826. The first-order chi connectivity index (χ1) is 13.3. The van der Waals surface area contributed by atoms with Crippen LogP contribution in [0.15, 0.2) is 23.3 Å². The zero-order chi connectivity index (χ0) is 20.3. The summed E-state index contributed by atoms with van der Waals surface area (Å²) in [4.78, 5) is 6.66. The van der Waals surface area contributed by atoms with Crippen molar-refractivity contribution in [3.63, 3.8) is 0 Å². The van der Waals surface area contributed by atoms with Crippen LogP contribution < -0.4 is 10.6 Å². The predicted molar refractivity (Wildman–Crippen MR) is 116 cm³/mol. The summed E-state index contributed by atoms with van der Waals surface area (Å²) in [6.45, 7) is 6.67. The fraction of sp³-hybridized carbons (Fsp3) is 0.611. The maximum Gasteiger partial charge on any atom is 0.417 e. The highest BCUT2D eigenvalue weighted by Gasteiger charge is 2.31. The SMILES string of the molecule is CN=C(NCc1nnc2ccc(C(F)(F)F)cn12)NC1CCN(C(C)C)CC1.I. The Morgan fingerprint density at radius 3 is 2.52 bits per heavy atom. The van der Waals surface area contributed by atoms with E-state index in [1.165, 1.54) is 10.5 Å². The number of halogens is 4. The first kappa shape index (κ1) is 23.6. The van der Waals surface area contributed by atoms with Crippen LogP contribution in [0.2, 0.25) is 0 Å². The number of alkyl halides is 3. The number of likely N-dealkylation sites (tertiary alicyclic amines) is 1. The molecule has 0 atom stereocenters. The second-order valence-electron chi connectivity index (χ2n) is 7.23. The molecule has 0 saturated carbocycles. The number of nitrogens with zero attached hydrogens (tertiary/aromatic N) is 5. The zero-order valence-corrected chi connectivity index (χ0v) is 19.0. The lowest BCUT2D eigenvalue weighted by Crippen LogP contribution is -2.49. The highest BCUT2D eigenvalue weighted by Crippen LogP contribution is 2.29. The Kier molecular flexibility index (Phi) is 8.09. The van der Waals surface area contributed by atoms with Crippen molar-refractivity contribution in [1.29, 1.82) is 0 Å². The fourth-order valence-corrected chi connectivity index (χ4v) is 3.34. The third-order valence-corrected chi connectivity index (χ3v) is 5.04. The monoisotopic (exact) mass is 525 g/mol. The van der Waals surface area contributed by atoms with Gasteiger partial charge in [-0.3, -0.25) is 9.39 Å². The Morgan fingerprint density at radius 2 is 1.93 bits per heavy atom. The molecule has 11 heteroatoms. The van der Waals surface area contributed by atoms with E-state index in [-0.39, 0.29) is 30.5 Å². The lowest BCUT2D eigenvalue weighted by Gasteiger charge is -2.35. The Morgan fingerprint density at radius 1 is 1.24 bits per heavy atom. The summed E-state index contributed by atoms with van der Waals surface area (Å²) in [5, 5.41) is 14.4. The first-order valence-corrected chi connectivity index (χ1v) is 9.40. The van der Waals surface area contributed by atoms with Crippen molar-refractivity contribution in [3.05, 3.63) is 29.7 Å². The van der Waals surface area contributed by atoms with Gasteiger partial charge in [-0.25, -0.2) is 0 Å². The summed E-state index contributed by atoms with van der Waals surface area (Å²) >= 11 is 0. The summed E-state index contributed by atoms with van der Waals surface area (Å²) in [5.41, 5.74) is -0.366. The van der Waals surface area contributed by atoms with E-state index in [1.807, 2.05) is 0 Å². The number of fused-ring (bicyclic) bond motifs is 1. The van der Waals surface area contributed by atoms with E-state index < -0.39 is 11.7 Å². The minimum Gasteiger partial charge on any atom is -0.354 e. The summed E-state index contributed by atoms with van der Waals surface area (Å²) in [6, 6.07) is 3.18. The second-order valence-corrected chi connectivity index (χ2v) is 7.23. The fourth-order valence-electron chi connectivity index (χ4n) is 3.34. The van der Waals surface area contributed by atoms with Crippen LogP contribution in [-0.4, -0.2) is 57.7 Å². The molecule has 0 spiro atoms. The lowest BCUT2D eigenvalue weighted by atomic mass is 10.0. The van der Waals surface area contributed by atoms with Gasteiger partial charge in [0.1, 0.15) is 0 Å². The smallest absolute Gasteiger partial charge is 0.354 e. The molecule has 3 heterocycles. The van der Waals surface area contributed by atoms with Gasteiger partial charge in [-0.15, -0.1) is 34.2 Å². The van der Waals surface area contributed by atoms with Gasteiger partial charge < -0.3 is 15.5 Å². The van der Waals surface area contributed by atoms with Gasteiger partial charge in [0.2, 0.25) is 0 Å². The van der Waals surface area contributed by atoms with Gasteiger partial charge >= 0.3 is 6.18 Å². The number of nitrogens with one attached hydrogen (secondary N) is 2. The standard InChI is InChI=1S/C18H26F3N7.HI/c1-12(2)27-8-6-14(7-9-27)24-17(22-3)23-10-16-26-25-15-5-4-13(11-28(15)16)18(19,20)21;/h4-5,11-12,14H,6-10H2,1-3H3,(H2,22,23,24);1H. The van der Waals surface area contributed by atoms with Gasteiger partial charge in [-0.05, 0) is 38.8 Å². The van der Waals surface area contributed by atoms with Crippen LogP contribution in [0, 0.1) is 0 Å². The van der Waals surface area contributed by atoms with Crippen LogP contribution in [-0.2, 0) is 12.7 Å². The van der Waals surface area contributed by atoms with Crippen LogP contribution in [0.3, 0.4) is 0 Å². The van der Waals surface area contributed by atoms with Gasteiger partial charge in [-0.1, -0.05) is 0 Å². The Balaban J connectivity index is 0.00000300. The van der Waals surface area contributed by atoms with Crippen LogP contribution in [0.1, 0.15) is 38.1 Å². The predicted octanol–water partition coefficient (Wildman–Crippen LogP) is 2.90. The topological polar surface area (TPSA) is 69.8 Å². The van der Waals surface area contributed by atoms with Crippen molar-refractivity contribution in [3.8, 4) is 0 Å². The lowest BCUT2D eigenvalue weighted by molar-refractivity contribution is -0.137. The quantitative estimate of drug-likeness (QED) is 0.365. The molecule has 1 saturated heterocycles. The van der Waals surface area contributed by atoms with Crippen molar-refractivity contribution in [2.75, 3.05) is 20.1 Å². The summed E-state index contributed by atoms with van der Waals surface area (Å²) in [7, 11) is 1.67. The maximum absolute atomic E-state index is 13.0. The van der Waals surface area contributed by atoms with Gasteiger partial charge in [0, 0.05) is 38.4 Å². The summed E-state index contributed by atoms with van der Waals surface area (Å²) in [5.74, 6) is 0.991. The number of aromatic nitrogens is 3. The molecule has 0 bridgehead atoms. The number of hydrogen-bond acceptors (Lipinski definition) is 4. The summed E-state index contributed by atoms with van der Waals surface area (Å²) < 4.78 is 40.2. The third-order valence-electron chi connectivity index (χ3n) is 5.04.